The van der Waals surface area contributed by atoms with Gasteiger partial charge in [0.15, 0.2) is 5.11 Å². The molecule has 1 aromatic rings. The molecule has 116 valence electrons. The van der Waals surface area contributed by atoms with E-state index in [1.165, 1.54) is 5.56 Å². The Labute approximate surface area is 131 Å². The maximum Gasteiger partial charge on any atom is 0.257 e. The lowest BCUT2D eigenvalue weighted by Gasteiger charge is -2.14. The summed E-state index contributed by atoms with van der Waals surface area (Å²) in [5.41, 5.74) is 7.28. The van der Waals surface area contributed by atoms with Crippen molar-refractivity contribution in [2.24, 2.45) is 0 Å². The van der Waals surface area contributed by atoms with Crippen molar-refractivity contribution < 1.29 is 4.79 Å². The summed E-state index contributed by atoms with van der Waals surface area (Å²) in [6.07, 6.45) is 0. The van der Waals surface area contributed by atoms with Crippen molar-refractivity contribution >= 4 is 28.9 Å². The highest BCUT2D eigenvalue weighted by Gasteiger charge is 2.02. The van der Waals surface area contributed by atoms with Gasteiger partial charge in [0.25, 0.3) is 5.91 Å². The molecule has 0 fully saturated rings. The smallest absolute Gasteiger partial charge is 0.257 e. The van der Waals surface area contributed by atoms with Crippen molar-refractivity contribution in [3.8, 4) is 0 Å². The van der Waals surface area contributed by atoms with Crippen LogP contribution in [0, 0.1) is 6.92 Å². The quantitative estimate of drug-likeness (QED) is 0.452. The predicted molar refractivity (Wildman–Crippen MR) is 90.1 cm³/mol. The molecule has 1 rings (SSSR count). The lowest BCUT2D eigenvalue weighted by molar-refractivity contribution is -0.119. The molecule has 6 nitrogen and oxygen atoms in total. The zero-order chi connectivity index (χ0) is 15.7. The fourth-order valence-corrected chi connectivity index (χ4v) is 1.61. The van der Waals surface area contributed by atoms with Crippen molar-refractivity contribution in [1.29, 1.82) is 0 Å². The molecule has 0 saturated carbocycles. The molecule has 4 N–H and O–H groups in total. The lowest BCUT2D eigenvalue weighted by Crippen LogP contribution is -2.49. The Hall–Kier alpha value is -1.86. The first-order chi connectivity index (χ1) is 9.97. The second-order valence-electron chi connectivity index (χ2n) is 4.95. The van der Waals surface area contributed by atoms with Crippen LogP contribution >= 0.6 is 12.2 Å². The summed E-state index contributed by atoms with van der Waals surface area (Å²) in [6.45, 7) is 3.78. The zero-order valence-corrected chi connectivity index (χ0v) is 13.5. The molecule has 0 aromatic heterocycles. The van der Waals surface area contributed by atoms with Gasteiger partial charge in [0.05, 0.1) is 6.54 Å². The summed E-state index contributed by atoms with van der Waals surface area (Å²) in [5.74, 6) is -0.188. The number of hydrogen-bond donors (Lipinski definition) is 4. The molecule has 21 heavy (non-hydrogen) atoms. The normalized spacial score (nSPS) is 10.1. The topological polar surface area (TPSA) is 68.4 Å². The van der Waals surface area contributed by atoms with Gasteiger partial charge in [-0.3, -0.25) is 15.6 Å². The standard InChI is InChI=1S/C14H23N5OS/c1-11-4-6-12(7-5-11)16-10-13(20)17-18-14(21)15-8-9-19(2)3/h4-7,16H,8-10H2,1-3H3,(H,17,20)(H2,15,18,21). The highest BCUT2D eigenvalue weighted by molar-refractivity contribution is 7.80. The van der Waals surface area contributed by atoms with Gasteiger partial charge in [-0.2, -0.15) is 0 Å². The molecule has 1 amide bonds. The number of carbonyl (C=O) groups excluding carboxylic acids is 1. The Balaban J connectivity index is 2.16. The first-order valence-electron chi connectivity index (χ1n) is 6.75. The number of amides is 1. The Morgan fingerprint density at radius 3 is 2.48 bits per heavy atom. The fourth-order valence-electron chi connectivity index (χ4n) is 1.46. The van der Waals surface area contributed by atoms with E-state index in [4.69, 9.17) is 12.2 Å². The Morgan fingerprint density at radius 2 is 1.86 bits per heavy atom. The third kappa shape index (κ3) is 8.11. The lowest BCUT2D eigenvalue weighted by atomic mass is 10.2. The predicted octanol–water partition coefficient (Wildman–Crippen LogP) is 0.464. The third-order valence-electron chi connectivity index (χ3n) is 2.66. The van der Waals surface area contributed by atoms with Crippen LogP contribution in [0.3, 0.4) is 0 Å². The molecule has 0 atom stereocenters. The first kappa shape index (κ1) is 17.2. The van der Waals surface area contributed by atoms with Crippen molar-refractivity contribution in [2.75, 3.05) is 39.0 Å². The van der Waals surface area contributed by atoms with E-state index in [-0.39, 0.29) is 12.5 Å². The van der Waals surface area contributed by atoms with Gasteiger partial charge in [0.2, 0.25) is 0 Å². The molecular formula is C14H23N5OS. The van der Waals surface area contributed by atoms with E-state index in [0.29, 0.717) is 5.11 Å². The molecule has 0 aliphatic carbocycles. The number of carbonyl (C=O) groups is 1. The first-order valence-corrected chi connectivity index (χ1v) is 7.16. The number of rotatable bonds is 6. The van der Waals surface area contributed by atoms with Gasteiger partial charge in [0, 0.05) is 18.8 Å². The van der Waals surface area contributed by atoms with Gasteiger partial charge >= 0.3 is 0 Å². The van der Waals surface area contributed by atoms with Crippen molar-refractivity contribution in [3.05, 3.63) is 29.8 Å². The van der Waals surface area contributed by atoms with Crippen LogP contribution in [-0.2, 0) is 4.79 Å². The highest BCUT2D eigenvalue weighted by Crippen LogP contribution is 2.07. The molecule has 1 aromatic carbocycles. The fraction of sp³-hybridized carbons (Fsp3) is 0.429. The molecule has 0 radical (unpaired) electrons. The Bertz CT molecular complexity index is 461. The van der Waals surface area contributed by atoms with Crippen LogP contribution < -0.4 is 21.5 Å². The molecule has 0 unspecified atom stereocenters. The van der Waals surface area contributed by atoms with Crippen LogP contribution in [0.5, 0.6) is 0 Å². The van der Waals surface area contributed by atoms with Gasteiger partial charge in [-0.25, -0.2) is 0 Å². The molecule has 0 aliphatic rings. The number of aryl methyl sites for hydroxylation is 1. The van der Waals surface area contributed by atoms with Crippen LogP contribution in [0.25, 0.3) is 0 Å². The number of hydrazine groups is 1. The SMILES string of the molecule is Cc1ccc(NCC(=O)NNC(=S)NCCN(C)C)cc1. The minimum absolute atomic E-state index is 0.177. The van der Waals surface area contributed by atoms with E-state index in [2.05, 4.69) is 21.5 Å². The Kier molecular flexibility index (Phi) is 7.49. The highest BCUT2D eigenvalue weighted by atomic mass is 32.1. The Morgan fingerprint density at radius 1 is 1.19 bits per heavy atom. The number of thiocarbonyl (C=S) groups is 1. The van der Waals surface area contributed by atoms with Gasteiger partial charge in [-0.15, -0.1) is 0 Å². The second-order valence-corrected chi connectivity index (χ2v) is 5.36. The van der Waals surface area contributed by atoms with Crippen LogP contribution in [0.2, 0.25) is 0 Å². The summed E-state index contributed by atoms with van der Waals surface area (Å²) < 4.78 is 0. The second kappa shape index (κ2) is 9.15. The average Bonchev–Trinajstić information content (AvgIpc) is 2.44. The minimum Gasteiger partial charge on any atom is -0.376 e. The molecule has 0 spiro atoms. The molecule has 7 heteroatoms. The number of likely N-dealkylation sites (N-methyl/N-ethyl adjacent to an activating group) is 1. The largest absolute Gasteiger partial charge is 0.376 e. The summed E-state index contributed by atoms with van der Waals surface area (Å²) in [7, 11) is 3.97. The van der Waals surface area contributed by atoms with E-state index < -0.39 is 0 Å². The summed E-state index contributed by atoms with van der Waals surface area (Å²) in [6, 6.07) is 7.84. The molecule has 0 bridgehead atoms. The number of nitrogens with one attached hydrogen (secondary N) is 4. The van der Waals surface area contributed by atoms with E-state index in [0.717, 1.165) is 18.8 Å². The summed E-state index contributed by atoms with van der Waals surface area (Å²) in [5, 5.41) is 6.43. The number of nitrogens with zero attached hydrogens (tertiary/aromatic N) is 1. The van der Waals surface area contributed by atoms with Crippen LogP contribution in [-0.4, -0.2) is 49.6 Å². The van der Waals surface area contributed by atoms with Gasteiger partial charge in [-0.05, 0) is 45.4 Å². The van der Waals surface area contributed by atoms with Crippen molar-refractivity contribution in [3.63, 3.8) is 0 Å². The maximum absolute atomic E-state index is 11.6. The van der Waals surface area contributed by atoms with Crippen molar-refractivity contribution in [1.82, 2.24) is 21.1 Å². The van der Waals surface area contributed by atoms with Gasteiger partial charge in [0.1, 0.15) is 0 Å². The number of hydrogen-bond acceptors (Lipinski definition) is 4. The van der Waals surface area contributed by atoms with Crippen LogP contribution in [0.4, 0.5) is 5.69 Å². The van der Waals surface area contributed by atoms with Crippen molar-refractivity contribution in [2.45, 2.75) is 6.92 Å². The van der Waals surface area contributed by atoms with E-state index in [9.17, 15) is 4.79 Å². The summed E-state index contributed by atoms with van der Waals surface area (Å²) in [4.78, 5) is 13.7. The summed E-state index contributed by atoms with van der Waals surface area (Å²) >= 11 is 5.04. The average molecular weight is 309 g/mol. The zero-order valence-electron chi connectivity index (χ0n) is 12.7. The number of benzene rings is 1. The molecule has 0 aliphatic heterocycles. The minimum atomic E-state index is -0.188. The number of anilines is 1. The third-order valence-corrected chi connectivity index (χ3v) is 2.91. The maximum atomic E-state index is 11.6. The monoisotopic (exact) mass is 309 g/mol. The van der Waals surface area contributed by atoms with E-state index in [1.54, 1.807) is 0 Å². The van der Waals surface area contributed by atoms with Gasteiger partial charge < -0.3 is 15.5 Å². The molecule has 0 saturated heterocycles. The van der Waals surface area contributed by atoms with Gasteiger partial charge in [-0.1, -0.05) is 17.7 Å². The molecular weight excluding hydrogens is 286 g/mol. The van der Waals surface area contributed by atoms with Crippen LogP contribution in [0.1, 0.15) is 5.56 Å². The van der Waals surface area contributed by atoms with E-state index >= 15 is 0 Å². The molecule has 0 heterocycles. The van der Waals surface area contributed by atoms with Crippen LogP contribution in [0.15, 0.2) is 24.3 Å². The van der Waals surface area contributed by atoms with E-state index in [1.807, 2.05) is 50.2 Å².